The zero-order valence-corrected chi connectivity index (χ0v) is 10.3. The van der Waals surface area contributed by atoms with Crippen molar-refractivity contribution in [2.45, 2.75) is 31.5 Å². The van der Waals surface area contributed by atoms with Crippen molar-refractivity contribution < 1.29 is 4.39 Å². The molecule has 1 aliphatic rings. The van der Waals surface area contributed by atoms with Gasteiger partial charge in [-0.15, -0.1) is 0 Å². The Bertz CT molecular complexity index is 334. The van der Waals surface area contributed by atoms with Gasteiger partial charge in [0.1, 0.15) is 5.67 Å². The highest BCUT2D eigenvalue weighted by Gasteiger charge is 2.37. The molecule has 0 aromatic heterocycles. The normalized spacial score (nSPS) is 31.5. The Kier molecular flexibility index (Phi) is 3.12. The summed E-state index contributed by atoms with van der Waals surface area (Å²) in [7, 11) is 0. The van der Waals surface area contributed by atoms with Crippen molar-refractivity contribution in [1.82, 2.24) is 5.32 Å². The summed E-state index contributed by atoms with van der Waals surface area (Å²) >= 11 is 3.38. The summed E-state index contributed by atoms with van der Waals surface area (Å²) in [4.78, 5) is 0. The van der Waals surface area contributed by atoms with Crippen LogP contribution in [0.5, 0.6) is 0 Å². The van der Waals surface area contributed by atoms with E-state index in [9.17, 15) is 4.39 Å². The van der Waals surface area contributed by atoms with Crippen LogP contribution in [-0.4, -0.2) is 12.2 Å². The van der Waals surface area contributed by atoms with Crippen LogP contribution < -0.4 is 5.32 Å². The summed E-state index contributed by atoms with van der Waals surface area (Å²) in [5.41, 5.74) is -0.102. The fourth-order valence-electron chi connectivity index (χ4n) is 2.16. The van der Waals surface area contributed by atoms with E-state index in [0.717, 1.165) is 23.0 Å². The predicted octanol–water partition coefficient (Wildman–Crippen LogP) is 3.60. The zero-order valence-electron chi connectivity index (χ0n) is 8.76. The molecule has 1 nitrogen and oxygen atoms in total. The maximum absolute atomic E-state index is 14.2. The molecule has 2 atom stereocenters. The minimum Gasteiger partial charge on any atom is -0.307 e. The molecule has 0 amide bonds. The number of halogens is 2. The van der Waals surface area contributed by atoms with E-state index in [0.29, 0.717) is 6.42 Å². The van der Waals surface area contributed by atoms with Gasteiger partial charge in [0, 0.05) is 4.47 Å². The molecule has 0 spiro atoms. The molecule has 1 aliphatic heterocycles. The summed E-state index contributed by atoms with van der Waals surface area (Å²) in [5.74, 6) is 0. The van der Waals surface area contributed by atoms with Crippen LogP contribution in [0, 0.1) is 0 Å². The third kappa shape index (κ3) is 2.40. The largest absolute Gasteiger partial charge is 0.307 e. The molecule has 2 rings (SSSR count). The maximum atomic E-state index is 14.2. The molecule has 3 heteroatoms. The minimum absolute atomic E-state index is 0.167. The van der Waals surface area contributed by atoms with Gasteiger partial charge in [0.05, 0.1) is 6.04 Å². The standard InChI is InChI=1S/C12H15BrFN/c1-12(14)7-2-8-15-11(12)9-3-5-10(13)6-4-9/h3-6,11,15H,2,7-8H2,1H3. The third-order valence-corrected chi connectivity index (χ3v) is 3.52. The SMILES string of the molecule is CC1(F)CCCNC1c1ccc(Br)cc1. The van der Waals surface area contributed by atoms with Crippen molar-refractivity contribution in [3.8, 4) is 0 Å². The Balaban J connectivity index is 2.25. The van der Waals surface area contributed by atoms with Crippen molar-refractivity contribution in [1.29, 1.82) is 0 Å². The van der Waals surface area contributed by atoms with Gasteiger partial charge in [0.2, 0.25) is 0 Å². The molecule has 2 unspecified atom stereocenters. The first kappa shape index (κ1) is 11.1. The van der Waals surface area contributed by atoms with Crippen LogP contribution >= 0.6 is 15.9 Å². The fourth-order valence-corrected chi connectivity index (χ4v) is 2.42. The molecule has 1 saturated heterocycles. The molecular weight excluding hydrogens is 257 g/mol. The molecule has 1 heterocycles. The highest BCUT2D eigenvalue weighted by molar-refractivity contribution is 9.10. The topological polar surface area (TPSA) is 12.0 Å². The van der Waals surface area contributed by atoms with Crippen LogP contribution in [0.1, 0.15) is 31.4 Å². The second-order valence-electron chi connectivity index (χ2n) is 4.32. The van der Waals surface area contributed by atoms with Gasteiger partial charge in [0.15, 0.2) is 0 Å². The predicted molar refractivity (Wildman–Crippen MR) is 63.6 cm³/mol. The lowest BCUT2D eigenvalue weighted by atomic mass is 9.85. The smallest absolute Gasteiger partial charge is 0.127 e. The van der Waals surface area contributed by atoms with Crippen LogP contribution in [0.15, 0.2) is 28.7 Å². The molecule has 0 saturated carbocycles. The summed E-state index contributed by atoms with van der Waals surface area (Å²) < 4.78 is 15.3. The van der Waals surface area contributed by atoms with E-state index in [1.807, 2.05) is 24.3 Å². The summed E-state index contributed by atoms with van der Waals surface area (Å²) in [6, 6.07) is 7.71. The lowest BCUT2D eigenvalue weighted by Crippen LogP contribution is -2.43. The summed E-state index contributed by atoms with van der Waals surface area (Å²) in [5, 5.41) is 3.25. The third-order valence-electron chi connectivity index (χ3n) is 3.00. The van der Waals surface area contributed by atoms with E-state index in [1.54, 1.807) is 6.92 Å². The average Bonchev–Trinajstić information content (AvgIpc) is 2.19. The first-order valence-electron chi connectivity index (χ1n) is 5.27. The molecule has 0 radical (unpaired) electrons. The first-order chi connectivity index (χ1) is 7.09. The highest BCUT2D eigenvalue weighted by Crippen LogP contribution is 2.36. The Morgan fingerprint density at radius 3 is 2.67 bits per heavy atom. The van der Waals surface area contributed by atoms with Gasteiger partial charge in [-0.1, -0.05) is 28.1 Å². The van der Waals surface area contributed by atoms with Gasteiger partial charge < -0.3 is 5.32 Å². The number of benzene rings is 1. The Morgan fingerprint density at radius 2 is 2.07 bits per heavy atom. The molecular formula is C12H15BrFN. The molecule has 1 aromatic carbocycles. The van der Waals surface area contributed by atoms with Gasteiger partial charge >= 0.3 is 0 Å². The molecule has 15 heavy (non-hydrogen) atoms. The van der Waals surface area contributed by atoms with E-state index < -0.39 is 5.67 Å². The molecule has 0 bridgehead atoms. The van der Waals surface area contributed by atoms with Gasteiger partial charge in [-0.05, 0) is 44.0 Å². The van der Waals surface area contributed by atoms with E-state index in [4.69, 9.17) is 0 Å². The number of alkyl halides is 1. The highest BCUT2D eigenvalue weighted by atomic mass is 79.9. The number of piperidine rings is 1. The second kappa shape index (κ2) is 4.22. The number of hydrogen-bond acceptors (Lipinski definition) is 1. The molecule has 1 aromatic rings. The van der Waals surface area contributed by atoms with E-state index in [2.05, 4.69) is 21.2 Å². The van der Waals surface area contributed by atoms with Crippen molar-refractivity contribution >= 4 is 15.9 Å². The second-order valence-corrected chi connectivity index (χ2v) is 5.24. The average molecular weight is 272 g/mol. The zero-order chi connectivity index (χ0) is 10.9. The molecule has 0 aliphatic carbocycles. The quantitative estimate of drug-likeness (QED) is 0.823. The molecule has 1 N–H and O–H groups in total. The van der Waals surface area contributed by atoms with Crippen LogP contribution in [0.2, 0.25) is 0 Å². The number of rotatable bonds is 1. The van der Waals surface area contributed by atoms with E-state index in [1.165, 1.54) is 0 Å². The van der Waals surface area contributed by atoms with Crippen molar-refractivity contribution in [3.05, 3.63) is 34.3 Å². The minimum atomic E-state index is -1.13. The van der Waals surface area contributed by atoms with Crippen LogP contribution in [-0.2, 0) is 0 Å². The van der Waals surface area contributed by atoms with Gasteiger partial charge in [-0.2, -0.15) is 0 Å². The first-order valence-corrected chi connectivity index (χ1v) is 6.07. The summed E-state index contributed by atoms with van der Waals surface area (Å²) in [6.45, 7) is 2.59. The van der Waals surface area contributed by atoms with E-state index >= 15 is 0 Å². The number of hydrogen-bond donors (Lipinski definition) is 1. The van der Waals surface area contributed by atoms with Crippen LogP contribution in [0.3, 0.4) is 0 Å². The molecule has 1 fully saturated rings. The van der Waals surface area contributed by atoms with Crippen LogP contribution in [0.25, 0.3) is 0 Å². The van der Waals surface area contributed by atoms with Gasteiger partial charge in [-0.3, -0.25) is 0 Å². The Labute approximate surface area is 98.2 Å². The Hall–Kier alpha value is -0.410. The van der Waals surface area contributed by atoms with E-state index in [-0.39, 0.29) is 6.04 Å². The monoisotopic (exact) mass is 271 g/mol. The molecule has 82 valence electrons. The maximum Gasteiger partial charge on any atom is 0.127 e. The summed E-state index contributed by atoms with van der Waals surface area (Å²) in [6.07, 6.45) is 1.56. The van der Waals surface area contributed by atoms with Crippen LogP contribution in [0.4, 0.5) is 4.39 Å². The van der Waals surface area contributed by atoms with Gasteiger partial charge in [-0.25, -0.2) is 4.39 Å². The van der Waals surface area contributed by atoms with Crippen molar-refractivity contribution in [2.24, 2.45) is 0 Å². The van der Waals surface area contributed by atoms with Gasteiger partial charge in [0.25, 0.3) is 0 Å². The Morgan fingerprint density at radius 1 is 1.40 bits per heavy atom. The van der Waals surface area contributed by atoms with Crippen molar-refractivity contribution in [2.75, 3.05) is 6.54 Å². The lowest BCUT2D eigenvalue weighted by Gasteiger charge is -2.36. The van der Waals surface area contributed by atoms with Crippen molar-refractivity contribution in [3.63, 3.8) is 0 Å². The number of nitrogens with one attached hydrogen (secondary N) is 1. The fraction of sp³-hybridized carbons (Fsp3) is 0.500. The lowest BCUT2D eigenvalue weighted by molar-refractivity contribution is 0.0883.